The molecule has 2 heterocycles. The Morgan fingerprint density at radius 3 is 2.95 bits per heavy atom. The lowest BCUT2D eigenvalue weighted by molar-refractivity contribution is 0.0599. The van der Waals surface area contributed by atoms with Gasteiger partial charge in [0.05, 0.1) is 6.04 Å². The Labute approximate surface area is 118 Å². The number of hydrogen-bond donors (Lipinski definition) is 1. The topological polar surface area (TPSA) is 61.9 Å². The Morgan fingerprint density at radius 1 is 1.35 bits per heavy atom. The predicted molar refractivity (Wildman–Crippen MR) is 75.2 cm³/mol. The van der Waals surface area contributed by atoms with Gasteiger partial charge in [-0.25, -0.2) is 4.98 Å². The van der Waals surface area contributed by atoms with E-state index in [1.54, 1.807) is 0 Å². The molecule has 1 aromatic heterocycles. The van der Waals surface area contributed by atoms with Crippen molar-refractivity contribution in [3.05, 3.63) is 47.5 Å². The molecule has 104 valence electrons. The van der Waals surface area contributed by atoms with Gasteiger partial charge in [-0.1, -0.05) is 18.2 Å². The first-order valence-corrected chi connectivity index (χ1v) is 6.99. The Hall–Kier alpha value is -2.17. The molecule has 1 fully saturated rings. The summed E-state index contributed by atoms with van der Waals surface area (Å²) in [7, 11) is 0. The first kappa shape index (κ1) is 12.8. The van der Waals surface area contributed by atoms with Gasteiger partial charge in [0.2, 0.25) is 0 Å². The third kappa shape index (κ3) is 2.31. The van der Waals surface area contributed by atoms with E-state index in [4.69, 9.17) is 0 Å². The molecule has 1 aromatic carbocycles. The van der Waals surface area contributed by atoms with Crippen molar-refractivity contribution in [3.63, 3.8) is 0 Å². The number of nitrogens with one attached hydrogen (secondary N) is 1. The number of H-pyrrole nitrogens is 1. The first-order chi connectivity index (χ1) is 9.77. The Morgan fingerprint density at radius 2 is 2.20 bits per heavy atom. The molecule has 0 radical (unpaired) electrons. The average molecular weight is 270 g/mol. The summed E-state index contributed by atoms with van der Waals surface area (Å²) in [5, 5.41) is 6.81. The zero-order valence-electron chi connectivity index (χ0n) is 11.5. The monoisotopic (exact) mass is 270 g/mol. The van der Waals surface area contributed by atoms with Crippen LogP contribution in [0.3, 0.4) is 0 Å². The molecular formula is C15H18N4O. The summed E-state index contributed by atoms with van der Waals surface area (Å²) in [6.45, 7) is 2.75. The summed E-state index contributed by atoms with van der Waals surface area (Å²) in [4.78, 5) is 18.9. The maximum absolute atomic E-state index is 12.8. The van der Waals surface area contributed by atoms with E-state index in [9.17, 15) is 4.79 Å². The van der Waals surface area contributed by atoms with Crippen molar-refractivity contribution < 1.29 is 4.79 Å². The number of carbonyl (C=O) groups is 1. The molecule has 5 heteroatoms. The van der Waals surface area contributed by atoms with Gasteiger partial charge in [-0.3, -0.25) is 9.89 Å². The standard InChI is InChI=1S/C15H18N4O/c1-11-6-2-3-7-12(11)15(20)19-9-5-4-8-13(19)14-16-10-17-18-14/h2-3,6-7,10,13H,4-5,8-9H2,1H3,(H,16,17,18)/t13-/m1/s1. The summed E-state index contributed by atoms with van der Waals surface area (Å²) in [5.74, 6) is 0.871. The highest BCUT2D eigenvalue weighted by Crippen LogP contribution is 2.30. The Bertz CT molecular complexity index is 594. The van der Waals surface area contributed by atoms with Crippen LogP contribution in [0.1, 0.15) is 47.1 Å². The molecule has 0 spiro atoms. The number of piperidine rings is 1. The maximum Gasteiger partial charge on any atom is 0.254 e. The normalized spacial score (nSPS) is 19.1. The molecule has 1 saturated heterocycles. The molecule has 0 bridgehead atoms. The van der Waals surface area contributed by atoms with Gasteiger partial charge in [0.15, 0.2) is 0 Å². The quantitative estimate of drug-likeness (QED) is 0.912. The van der Waals surface area contributed by atoms with Gasteiger partial charge in [-0.2, -0.15) is 5.10 Å². The molecule has 3 rings (SSSR count). The fraction of sp³-hybridized carbons (Fsp3) is 0.400. The number of benzene rings is 1. The SMILES string of the molecule is Cc1ccccc1C(=O)N1CCCC[C@@H]1c1ncn[nH]1. The van der Waals surface area contributed by atoms with Crippen molar-refractivity contribution in [3.8, 4) is 0 Å². The minimum atomic E-state index is 0.0124. The third-order valence-corrected chi connectivity index (χ3v) is 3.89. The number of aryl methyl sites for hydroxylation is 1. The van der Waals surface area contributed by atoms with Crippen LogP contribution in [0.4, 0.5) is 0 Å². The molecule has 0 aliphatic carbocycles. The molecule has 1 aliphatic heterocycles. The van der Waals surface area contributed by atoms with Crippen LogP contribution in [0.25, 0.3) is 0 Å². The van der Waals surface area contributed by atoms with Crippen molar-refractivity contribution in [2.24, 2.45) is 0 Å². The van der Waals surface area contributed by atoms with Crippen LogP contribution < -0.4 is 0 Å². The van der Waals surface area contributed by atoms with E-state index in [1.807, 2.05) is 36.1 Å². The van der Waals surface area contributed by atoms with Crippen molar-refractivity contribution in [1.29, 1.82) is 0 Å². The zero-order valence-corrected chi connectivity index (χ0v) is 11.5. The van der Waals surface area contributed by atoms with E-state index in [0.29, 0.717) is 0 Å². The second kappa shape index (κ2) is 5.45. The lowest BCUT2D eigenvalue weighted by atomic mass is 9.99. The van der Waals surface area contributed by atoms with Crippen LogP contribution in [0.15, 0.2) is 30.6 Å². The zero-order chi connectivity index (χ0) is 13.9. The summed E-state index contributed by atoms with van der Waals surface area (Å²) >= 11 is 0. The molecule has 1 N–H and O–H groups in total. The van der Waals surface area contributed by atoms with Crippen LogP contribution in [-0.2, 0) is 0 Å². The summed E-state index contributed by atoms with van der Waals surface area (Å²) in [6, 6.07) is 7.74. The van der Waals surface area contributed by atoms with Crippen molar-refractivity contribution in [2.75, 3.05) is 6.54 Å². The molecular weight excluding hydrogens is 252 g/mol. The second-order valence-corrected chi connectivity index (χ2v) is 5.20. The Balaban J connectivity index is 1.90. The number of hydrogen-bond acceptors (Lipinski definition) is 3. The summed E-state index contributed by atoms with van der Waals surface area (Å²) < 4.78 is 0. The maximum atomic E-state index is 12.8. The van der Waals surface area contributed by atoms with E-state index in [2.05, 4.69) is 15.2 Å². The van der Waals surface area contributed by atoms with Crippen LogP contribution in [0.5, 0.6) is 0 Å². The molecule has 2 aromatic rings. The average Bonchev–Trinajstić information content (AvgIpc) is 3.01. The number of aromatic nitrogens is 3. The highest BCUT2D eigenvalue weighted by Gasteiger charge is 2.30. The van der Waals surface area contributed by atoms with Crippen molar-refractivity contribution >= 4 is 5.91 Å². The fourth-order valence-corrected chi connectivity index (χ4v) is 2.80. The van der Waals surface area contributed by atoms with Gasteiger partial charge >= 0.3 is 0 Å². The third-order valence-electron chi connectivity index (χ3n) is 3.89. The molecule has 1 atom stereocenters. The predicted octanol–water partition coefficient (Wildman–Crippen LogP) is 2.48. The summed E-state index contributed by atoms with van der Waals surface area (Å²) in [5.41, 5.74) is 1.79. The second-order valence-electron chi connectivity index (χ2n) is 5.20. The summed E-state index contributed by atoms with van der Waals surface area (Å²) in [6.07, 6.45) is 4.60. The number of aromatic amines is 1. The van der Waals surface area contributed by atoms with E-state index >= 15 is 0 Å². The molecule has 5 nitrogen and oxygen atoms in total. The van der Waals surface area contributed by atoms with Crippen LogP contribution in [0.2, 0.25) is 0 Å². The van der Waals surface area contributed by atoms with E-state index in [1.165, 1.54) is 6.33 Å². The first-order valence-electron chi connectivity index (χ1n) is 6.99. The van der Waals surface area contributed by atoms with Gasteiger partial charge in [0, 0.05) is 12.1 Å². The molecule has 0 unspecified atom stereocenters. The van der Waals surface area contributed by atoms with Crippen LogP contribution in [0, 0.1) is 6.92 Å². The van der Waals surface area contributed by atoms with Gasteiger partial charge in [0.25, 0.3) is 5.91 Å². The minimum Gasteiger partial charge on any atom is -0.328 e. The van der Waals surface area contributed by atoms with Gasteiger partial charge in [0.1, 0.15) is 12.2 Å². The van der Waals surface area contributed by atoms with Crippen molar-refractivity contribution in [2.45, 2.75) is 32.2 Å². The Kier molecular flexibility index (Phi) is 3.50. The number of likely N-dealkylation sites (tertiary alicyclic amines) is 1. The fourth-order valence-electron chi connectivity index (χ4n) is 2.80. The lowest BCUT2D eigenvalue weighted by Gasteiger charge is -2.34. The van der Waals surface area contributed by atoms with Crippen LogP contribution in [-0.4, -0.2) is 32.5 Å². The van der Waals surface area contributed by atoms with Gasteiger partial charge < -0.3 is 4.90 Å². The smallest absolute Gasteiger partial charge is 0.254 e. The van der Waals surface area contributed by atoms with E-state index in [-0.39, 0.29) is 11.9 Å². The van der Waals surface area contributed by atoms with Gasteiger partial charge in [-0.05, 0) is 37.8 Å². The molecule has 0 saturated carbocycles. The van der Waals surface area contributed by atoms with Crippen molar-refractivity contribution in [1.82, 2.24) is 20.1 Å². The number of rotatable bonds is 2. The lowest BCUT2D eigenvalue weighted by Crippen LogP contribution is -2.39. The van der Waals surface area contributed by atoms with Crippen LogP contribution >= 0.6 is 0 Å². The molecule has 20 heavy (non-hydrogen) atoms. The molecule has 1 amide bonds. The highest BCUT2D eigenvalue weighted by molar-refractivity contribution is 5.95. The van der Waals surface area contributed by atoms with Gasteiger partial charge in [-0.15, -0.1) is 0 Å². The highest BCUT2D eigenvalue weighted by atomic mass is 16.2. The molecule has 1 aliphatic rings. The number of carbonyl (C=O) groups excluding carboxylic acids is 1. The number of nitrogens with zero attached hydrogens (tertiary/aromatic N) is 3. The van der Waals surface area contributed by atoms with E-state index in [0.717, 1.165) is 42.8 Å². The largest absolute Gasteiger partial charge is 0.328 e. The number of amides is 1. The van der Waals surface area contributed by atoms with E-state index < -0.39 is 0 Å². The minimum absolute atomic E-state index is 0.0124.